The third-order valence-corrected chi connectivity index (χ3v) is 3.20. The normalized spacial score (nSPS) is 11.4. The van der Waals surface area contributed by atoms with Crippen molar-refractivity contribution in [2.45, 2.75) is 40.0 Å². The summed E-state index contributed by atoms with van der Waals surface area (Å²) < 4.78 is 11.1. The molecule has 0 amide bonds. The van der Waals surface area contributed by atoms with Crippen LogP contribution in [0, 0.1) is 5.41 Å². The van der Waals surface area contributed by atoms with Crippen molar-refractivity contribution in [3.63, 3.8) is 0 Å². The molecule has 19 heavy (non-hydrogen) atoms. The number of nitrogens with two attached hydrogens (primary N) is 1. The Hall–Kier alpha value is -1.22. The Morgan fingerprint density at radius 1 is 1.00 bits per heavy atom. The molecule has 3 heteroatoms. The number of unbranched alkanes of at least 4 members (excludes halogenated alkanes) is 1. The van der Waals surface area contributed by atoms with Gasteiger partial charge in [-0.1, -0.05) is 13.8 Å². The minimum absolute atomic E-state index is 0.249. The summed E-state index contributed by atoms with van der Waals surface area (Å²) in [4.78, 5) is 0. The van der Waals surface area contributed by atoms with E-state index in [1.54, 1.807) is 0 Å². The van der Waals surface area contributed by atoms with Crippen LogP contribution in [0.3, 0.4) is 0 Å². The van der Waals surface area contributed by atoms with Crippen molar-refractivity contribution in [2.24, 2.45) is 11.1 Å². The van der Waals surface area contributed by atoms with E-state index in [0.29, 0.717) is 6.61 Å². The molecule has 108 valence electrons. The van der Waals surface area contributed by atoms with Crippen LogP contribution in [0.2, 0.25) is 0 Å². The van der Waals surface area contributed by atoms with Crippen LogP contribution in [0.5, 0.6) is 11.5 Å². The first kappa shape index (κ1) is 15.8. The zero-order chi connectivity index (χ0) is 14.1. The highest BCUT2D eigenvalue weighted by Gasteiger charge is 2.14. The number of rotatable bonds is 9. The molecular weight excluding hydrogens is 238 g/mol. The average molecular weight is 265 g/mol. The summed E-state index contributed by atoms with van der Waals surface area (Å²) in [5.41, 5.74) is 5.96. The minimum Gasteiger partial charge on any atom is -0.494 e. The van der Waals surface area contributed by atoms with Gasteiger partial charge in [-0.25, -0.2) is 0 Å². The summed E-state index contributed by atoms with van der Waals surface area (Å²) in [6.45, 7) is 8.59. The van der Waals surface area contributed by atoms with Crippen molar-refractivity contribution in [3.05, 3.63) is 24.3 Å². The summed E-state index contributed by atoms with van der Waals surface area (Å²) in [6.07, 6.45) is 3.37. The molecule has 0 saturated carbocycles. The molecule has 0 saturated heterocycles. The van der Waals surface area contributed by atoms with E-state index in [1.807, 2.05) is 31.2 Å². The summed E-state index contributed by atoms with van der Waals surface area (Å²) in [5, 5.41) is 0. The van der Waals surface area contributed by atoms with E-state index >= 15 is 0 Å². The summed E-state index contributed by atoms with van der Waals surface area (Å²) >= 11 is 0. The van der Waals surface area contributed by atoms with Crippen LogP contribution in [0.4, 0.5) is 0 Å². The van der Waals surface area contributed by atoms with E-state index < -0.39 is 0 Å². The van der Waals surface area contributed by atoms with Gasteiger partial charge in [0.15, 0.2) is 0 Å². The third-order valence-electron chi connectivity index (χ3n) is 3.20. The van der Waals surface area contributed by atoms with Gasteiger partial charge in [0.25, 0.3) is 0 Å². The smallest absolute Gasteiger partial charge is 0.119 e. The number of hydrogen-bond donors (Lipinski definition) is 1. The molecule has 0 aromatic heterocycles. The molecule has 0 atom stereocenters. The first-order chi connectivity index (χ1) is 9.07. The average Bonchev–Trinajstić information content (AvgIpc) is 2.40. The van der Waals surface area contributed by atoms with Crippen LogP contribution in [-0.4, -0.2) is 19.8 Å². The zero-order valence-electron chi connectivity index (χ0n) is 12.4. The van der Waals surface area contributed by atoms with E-state index in [4.69, 9.17) is 15.2 Å². The highest BCUT2D eigenvalue weighted by atomic mass is 16.5. The van der Waals surface area contributed by atoms with Crippen molar-refractivity contribution >= 4 is 0 Å². The second-order valence-electron chi connectivity index (χ2n) is 5.58. The molecule has 0 aliphatic heterocycles. The van der Waals surface area contributed by atoms with Crippen LogP contribution in [0.1, 0.15) is 40.0 Å². The second-order valence-corrected chi connectivity index (χ2v) is 5.58. The molecule has 0 aliphatic carbocycles. The lowest BCUT2D eigenvalue weighted by Gasteiger charge is -2.21. The molecule has 0 fully saturated rings. The fourth-order valence-electron chi connectivity index (χ4n) is 1.80. The standard InChI is InChI=1S/C16H27NO2/c1-4-18-14-7-9-15(10-8-14)19-12-6-5-11-16(2,3)13-17/h7-10H,4-6,11-13,17H2,1-3H3. The first-order valence-corrected chi connectivity index (χ1v) is 7.13. The molecule has 3 nitrogen and oxygen atoms in total. The van der Waals surface area contributed by atoms with Crippen LogP contribution in [-0.2, 0) is 0 Å². The lowest BCUT2D eigenvalue weighted by molar-refractivity contribution is 0.278. The summed E-state index contributed by atoms with van der Waals surface area (Å²) in [5.74, 6) is 1.79. The molecule has 0 spiro atoms. The predicted octanol–water partition coefficient (Wildman–Crippen LogP) is 3.62. The van der Waals surface area contributed by atoms with E-state index in [1.165, 1.54) is 0 Å². The molecule has 2 N–H and O–H groups in total. The Morgan fingerprint density at radius 2 is 1.58 bits per heavy atom. The van der Waals surface area contributed by atoms with Crippen LogP contribution in [0.15, 0.2) is 24.3 Å². The lowest BCUT2D eigenvalue weighted by atomic mass is 9.87. The number of benzene rings is 1. The monoisotopic (exact) mass is 265 g/mol. The number of hydrogen-bond acceptors (Lipinski definition) is 3. The van der Waals surface area contributed by atoms with Gasteiger partial charge in [0.1, 0.15) is 11.5 Å². The molecule has 0 unspecified atom stereocenters. The van der Waals surface area contributed by atoms with Crippen LogP contribution in [0.25, 0.3) is 0 Å². The van der Waals surface area contributed by atoms with Gasteiger partial charge in [-0.05, 0) is 62.4 Å². The largest absolute Gasteiger partial charge is 0.494 e. The Labute approximate surface area is 117 Å². The second kappa shape index (κ2) is 8.05. The fraction of sp³-hybridized carbons (Fsp3) is 0.625. The highest BCUT2D eigenvalue weighted by Crippen LogP contribution is 2.22. The van der Waals surface area contributed by atoms with E-state index in [-0.39, 0.29) is 5.41 Å². The van der Waals surface area contributed by atoms with Gasteiger partial charge in [-0.15, -0.1) is 0 Å². The topological polar surface area (TPSA) is 44.5 Å². The molecule has 0 radical (unpaired) electrons. The van der Waals surface area contributed by atoms with Gasteiger partial charge >= 0.3 is 0 Å². The zero-order valence-corrected chi connectivity index (χ0v) is 12.4. The number of ether oxygens (including phenoxy) is 2. The quantitative estimate of drug-likeness (QED) is 0.694. The van der Waals surface area contributed by atoms with Crippen molar-refractivity contribution in [1.29, 1.82) is 0 Å². The van der Waals surface area contributed by atoms with Crippen LogP contribution < -0.4 is 15.2 Å². The Morgan fingerprint density at radius 3 is 2.11 bits per heavy atom. The van der Waals surface area contributed by atoms with Gasteiger partial charge in [0.05, 0.1) is 13.2 Å². The summed E-state index contributed by atoms with van der Waals surface area (Å²) in [7, 11) is 0. The molecule has 1 rings (SSSR count). The van der Waals surface area contributed by atoms with Crippen molar-refractivity contribution < 1.29 is 9.47 Å². The molecule has 1 aromatic rings. The maximum Gasteiger partial charge on any atom is 0.119 e. The Bertz CT molecular complexity index is 346. The summed E-state index contributed by atoms with van der Waals surface area (Å²) in [6, 6.07) is 7.79. The lowest BCUT2D eigenvalue weighted by Crippen LogP contribution is -2.23. The fourth-order valence-corrected chi connectivity index (χ4v) is 1.80. The van der Waals surface area contributed by atoms with E-state index in [9.17, 15) is 0 Å². The van der Waals surface area contributed by atoms with Crippen LogP contribution >= 0.6 is 0 Å². The molecule has 0 aliphatic rings. The van der Waals surface area contributed by atoms with Gasteiger partial charge in [-0.3, -0.25) is 0 Å². The molecule has 1 aromatic carbocycles. The van der Waals surface area contributed by atoms with E-state index in [2.05, 4.69) is 13.8 Å². The molecular formula is C16H27NO2. The van der Waals surface area contributed by atoms with Crippen molar-refractivity contribution in [2.75, 3.05) is 19.8 Å². The van der Waals surface area contributed by atoms with Gasteiger partial charge in [-0.2, -0.15) is 0 Å². The molecule has 0 heterocycles. The minimum atomic E-state index is 0.249. The van der Waals surface area contributed by atoms with Gasteiger partial charge < -0.3 is 15.2 Å². The highest BCUT2D eigenvalue weighted by molar-refractivity contribution is 5.31. The third kappa shape index (κ3) is 6.48. The van der Waals surface area contributed by atoms with Crippen molar-refractivity contribution in [3.8, 4) is 11.5 Å². The first-order valence-electron chi connectivity index (χ1n) is 7.13. The molecule has 0 bridgehead atoms. The maximum atomic E-state index is 5.71. The Kier molecular flexibility index (Phi) is 6.71. The predicted molar refractivity (Wildman–Crippen MR) is 79.8 cm³/mol. The van der Waals surface area contributed by atoms with Gasteiger partial charge in [0, 0.05) is 0 Å². The maximum absolute atomic E-state index is 5.71. The Balaban J connectivity index is 2.19. The van der Waals surface area contributed by atoms with E-state index in [0.717, 1.165) is 43.9 Å². The van der Waals surface area contributed by atoms with Gasteiger partial charge in [0.2, 0.25) is 0 Å². The van der Waals surface area contributed by atoms with Crippen molar-refractivity contribution in [1.82, 2.24) is 0 Å². The SMILES string of the molecule is CCOc1ccc(OCCCCC(C)(C)CN)cc1.